The summed E-state index contributed by atoms with van der Waals surface area (Å²) in [6.45, 7) is 0.358. The fourth-order valence-electron chi connectivity index (χ4n) is 4.26. The minimum Gasteiger partial charge on any atom is -0.496 e. The Hall–Kier alpha value is -4.88. The van der Waals surface area contributed by atoms with Crippen molar-refractivity contribution in [2.24, 2.45) is 5.10 Å². The predicted molar refractivity (Wildman–Crippen MR) is 153 cm³/mol. The predicted octanol–water partition coefficient (Wildman–Crippen LogP) is 6.93. The molecule has 2 aromatic heterocycles. The number of furan rings is 1. The van der Waals surface area contributed by atoms with E-state index >= 15 is 0 Å². The van der Waals surface area contributed by atoms with Gasteiger partial charge in [-0.3, -0.25) is 4.79 Å². The highest BCUT2D eigenvalue weighted by Gasteiger charge is 2.17. The topological polar surface area (TPSA) is 78.9 Å². The standard InChI is InChI=1S/C31H22ClN3O4/c1-37-27-11-6-12-28-24(27)17-29(39-28)30-34-26-10-5-3-8-23(26)31(36)35(30)33-18-20-13-15-22(16-14-20)38-19-21-7-2-4-9-25(21)32/h2-18H,19H2,1H3. The van der Waals surface area contributed by atoms with Crippen molar-refractivity contribution in [2.75, 3.05) is 7.11 Å². The number of hydrogen-bond donors (Lipinski definition) is 0. The average molecular weight is 536 g/mol. The number of para-hydroxylation sites is 1. The second-order valence-corrected chi connectivity index (χ2v) is 9.15. The summed E-state index contributed by atoms with van der Waals surface area (Å²) in [5.74, 6) is 2.04. The van der Waals surface area contributed by atoms with E-state index in [-0.39, 0.29) is 11.4 Å². The molecule has 0 unspecified atom stereocenters. The first-order chi connectivity index (χ1) is 19.1. The summed E-state index contributed by atoms with van der Waals surface area (Å²) in [5.41, 5.74) is 2.55. The molecule has 0 saturated heterocycles. The Morgan fingerprint density at radius 1 is 0.949 bits per heavy atom. The zero-order chi connectivity index (χ0) is 26.8. The van der Waals surface area contributed by atoms with Crippen LogP contribution in [-0.4, -0.2) is 23.0 Å². The van der Waals surface area contributed by atoms with Gasteiger partial charge in [0.2, 0.25) is 5.82 Å². The lowest BCUT2D eigenvalue weighted by Crippen LogP contribution is -2.20. The number of methoxy groups -OCH3 is 1. The van der Waals surface area contributed by atoms with Gasteiger partial charge in [-0.25, -0.2) is 4.98 Å². The van der Waals surface area contributed by atoms with Crippen LogP contribution in [0.4, 0.5) is 0 Å². The van der Waals surface area contributed by atoms with E-state index in [2.05, 4.69) is 5.10 Å². The number of rotatable bonds is 7. The van der Waals surface area contributed by atoms with Gasteiger partial charge in [0.1, 0.15) is 23.7 Å². The molecule has 0 aliphatic carbocycles. The molecular weight excluding hydrogens is 514 g/mol. The first-order valence-electron chi connectivity index (χ1n) is 12.2. The average Bonchev–Trinajstić information content (AvgIpc) is 3.41. The van der Waals surface area contributed by atoms with Gasteiger partial charge in [0.25, 0.3) is 5.56 Å². The summed E-state index contributed by atoms with van der Waals surface area (Å²) in [6.07, 6.45) is 1.60. The molecule has 8 heteroatoms. The number of fused-ring (bicyclic) bond motifs is 2. The summed E-state index contributed by atoms with van der Waals surface area (Å²) in [4.78, 5) is 18.2. The SMILES string of the molecule is COc1cccc2oc(-c3nc4ccccc4c(=O)n3N=Cc3ccc(OCc4ccccc4Cl)cc3)cc12. The van der Waals surface area contributed by atoms with Crippen LogP contribution in [0.25, 0.3) is 33.5 Å². The molecule has 39 heavy (non-hydrogen) atoms. The van der Waals surface area contributed by atoms with E-state index in [4.69, 9.17) is 30.5 Å². The largest absolute Gasteiger partial charge is 0.496 e. The highest BCUT2D eigenvalue weighted by atomic mass is 35.5. The fraction of sp³-hybridized carbons (Fsp3) is 0.0645. The van der Waals surface area contributed by atoms with Crippen LogP contribution in [0.1, 0.15) is 11.1 Å². The molecule has 6 aromatic rings. The molecule has 0 fully saturated rings. The Bertz CT molecular complexity index is 1890. The van der Waals surface area contributed by atoms with Crippen molar-refractivity contribution >= 4 is 39.7 Å². The zero-order valence-corrected chi connectivity index (χ0v) is 21.6. The van der Waals surface area contributed by atoms with Gasteiger partial charge in [-0.1, -0.05) is 48.0 Å². The van der Waals surface area contributed by atoms with Gasteiger partial charge < -0.3 is 13.9 Å². The Morgan fingerprint density at radius 3 is 2.56 bits per heavy atom. The second kappa shape index (κ2) is 10.5. The molecule has 0 amide bonds. The van der Waals surface area contributed by atoms with Gasteiger partial charge >= 0.3 is 0 Å². The van der Waals surface area contributed by atoms with Crippen molar-refractivity contribution in [2.45, 2.75) is 6.61 Å². The highest BCUT2D eigenvalue weighted by molar-refractivity contribution is 6.31. The van der Waals surface area contributed by atoms with Crippen molar-refractivity contribution in [1.29, 1.82) is 0 Å². The van der Waals surface area contributed by atoms with E-state index in [1.165, 1.54) is 4.68 Å². The van der Waals surface area contributed by atoms with Gasteiger partial charge in [-0.2, -0.15) is 9.78 Å². The van der Waals surface area contributed by atoms with Gasteiger partial charge in [0.15, 0.2) is 5.76 Å². The van der Waals surface area contributed by atoms with Gasteiger partial charge in [-0.15, -0.1) is 0 Å². The third-order valence-electron chi connectivity index (χ3n) is 6.27. The molecule has 6 rings (SSSR count). The van der Waals surface area contributed by atoms with Crippen LogP contribution in [-0.2, 0) is 6.61 Å². The Balaban J connectivity index is 1.34. The van der Waals surface area contributed by atoms with E-state index in [1.807, 2.05) is 78.9 Å². The molecule has 7 nitrogen and oxygen atoms in total. The van der Waals surface area contributed by atoms with Crippen molar-refractivity contribution in [3.8, 4) is 23.1 Å². The molecule has 4 aromatic carbocycles. The molecule has 0 atom stereocenters. The number of ether oxygens (including phenoxy) is 2. The van der Waals surface area contributed by atoms with E-state index in [0.717, 1.165) is 16.5 Å². The van der Waals surface area contributed by atoms with Crippen molar-refractivity contribution < 1.29 is 13.9 Å². The van der Waals surface area contributed by atoms with Gasteiger partial charge in [0.05, 0.1) is 29.6 Å². The normalized spacial score (nSPS) is 11.4. The Kier molecular flexibility index (Phi) is 6.57. The summed E-state index contributed by atoms with van der Waals surface area (Å²) in [5, 5.41) is 6.41. The summed E-state index contributed by atoms with van der Waals surface area (Å²) < 4.78 is 18.7. The first-order valence-corrected chi connectivity index (χ1v) is 12.6. The maximum Gasteiger partial charge on any atom is 0.282 e. The first kappa shape index (κ1) is 24.5. The lowest BCUT2D eigenvalue weighted by atomic mass is 10.2. The Labute approximate surface area is 228 Å². The van der Waals surface area contributed by atoms with Crippen molar-refractivity contribution in [3.63, 3.8) is 0 Å². The van der Waals surface area contributed by atoms with E-state index in [0.29, 0.717) is 45.4 Å². The van der Waals surface area contributed by atoms with E-state index < -0.39 is 0 Å². The third-order valence-corrected chi connectivity index (χ3v) is 6.64. The van der Waals surface area contributed by atoms with Crippen LogP contribution in [0.2, 0.25) is 5.02 Å². The van der Waals surface area contributed by atoms with Crippen molar-refractivity contribution in [1.82, 2.24) is 9.66 Å². The summed E-state index contributed by atoms with van der Waals surface area (Å²) in [7, 11) is 1.60. The summed E-state index contributed by atoms with van der Waals surface area (Å²) >= 11 is 6.22. The molecule has 0 aliphatic rings. The number of nitrogens with zero attached hydrogens (tertiary/aromatic N) is 3. The van der Waals surface area contributed by atoms with Crippen LogP contribution < -0.4 is 15.0 Å². The molecular formula is C31H22ClN3O4. The number of aromatic nitrogens is 2. The number of benzene rings is 4. The summed E-state index contributed by atoms with van der Waals surface area (Å²) in [6, 6.07) is 29.4. The lowest BCUT2D eigenvalue weighted by molar-refractivity contribution is 0.306. The minimum absolute atomic E-state index is 0.285. The molecule has 0 radical (unpaired) electrons. The van der Waals surface area contributed by atoms with Crippen LogP contribution in [0, 0.1) is 0 Å². The lowest BCUT2D eigenvalue weighted by Gasteiger charge is -2.08. The maximum absolute atomic E-state index is 13.5. The fourth-order valence-corrected chi connectivity index (χ4v) is 4.45. The van der Waals surface area contributed by atoms with Crippen LogP contribution >= 0.6 is 11.6 Å². The van der Waals surface area contributed by atoms with Crippen LogP contribution in [0.3, 0.4) is 0 Å². The van der Waals surface area contributed by atoms with Crippen molar-refractivity contribution in [3.05, 3.63) is 124 Å². The van der Waals surface area contributed by atoms with Gasteiger partial charge in [-0.05, 0) is 66.2 Å². The molecule has 0 aliphatic heterocycles. The molecule has 0 spiro atoms. The minimum atomic E-state index is -0.307. The molecule has 0 saturated carbocycles. The van der Waals surface area contributed by atoms with Gasteiger partial charge in [0, 0.05) is 10.6 Å². The second-order valence-electron chi connectivity index (χ2n) is 8.75. The van der Waals surface area contributed by atoms with E-state index in [9.17, 15) is 4.79 Å². The quantitative estimate of drug-likeness (QED) is 0.207. The Morgan fingerprint density at radius 2 is 1.74 bits per heavy atom. The molecule has 0 N–H and O–H groups in total. The monoisotopic (exact) mass is 535 g/mol. The maximum atomic E-state index is 13.5. The molecule has 2 heterocycles. The molecule has 0 bridgehead atoms. The zero-order valence-electron chi connectivity index (χ0n) is 20.9. The third kappa shape index (κ3) is 4.87. The van der Waals surface area contributed by atoms with Crippen LogP contribution in [0.15, 0.2) is 111 Å². The highest BCUT2D eigenvalue weighted by Crippen LogP contribution is 2.33. The van der Waals surface area contributed by atoms with E-state index in [1.54, 1.807) is 31.5 Å². The smallest absolute Gasteiger partial charge is 0.282 e. The number of halogens is 1. The molecule has 192 valence electrons. The van der Waals surface area contributed by atoms with Crippen LogP contribution in [0.5, 0.6) is 11.5 Å². The number of hydrogen-bond acceptors (Lipinski definition) is 6.